The number of aryl methyl sites for hydroxylation is 1. The Morgan fingerprint density at radius 2 is 1.80 bits per heavy atom. The van der Waals surface area contributed by atoms with Crippen LogP contribution in [0.5, 0.6) is 0 Å². The Morgan fingerprint density at radius 1 is 1.08 bits per heavy atom. The van der Waals surface area contributed by atoms with E-state index < -0.39 is 0 Å². The summed E-state index contributed by atoms with van der Waals surface area (Å²) in [6.45, 7) is 5.37. The van der Waals surface area contributed by atoms with E-state index in [1.54, 1.807) is 0 Å². The van der Waals surface area contributed by atoms with Crippen molar-refractivity contribution in [1.82, 2.24) is 15.3 Å². The predicted octanol–water partition coefficient (Wildman–Crippen LogP) is 4.17. The Kier molecular flexibility index (Phi) is 6.45. The lowest BCUT2D eigenvalue weighted by Gasteiger charge is -2.34. The maximum absolute atomic E-state index is 5.51. The van der Waals surface area contributed by atoms with Gasteiger partial charge in [0, 0.05) is 30.4 Å². The molecule has 1 atom stereocenters. The van der Waals surface area contributed by atoms with E-state index in [4.69, 9.17) is 17.2 Å². The van der Waals surface area contributed by atoms with Gasteiger partial charge in [0.05, 0.1) is 0 Å². The monoisotopic (exact) mass is 361 g/mol. The number of aromatic nitrogens is 2. The standard InChI is InChI=1S/C19H31N5S/c1-14-13-17(24-12-8-7-9-15(24)2)22-18(20-14)23-19(25)21-16-10-5-3-4-6-11-16/h13,15-16H,3-12H2,1-2H3,(H2,20,21,22,23,25)/t15-/m0/s1. The van der Waals surface area contributed by atoms with Crippen LogP contribution in [0, 0.1) is 6.92 Å². The van der Waals surface area contributed by atoms with Crippen LogP contribution in [0.2, 0.25) is 0 Å². The first kappa shape index (κ1) is 18.4. The number of hydrogen-bond acceptors (Lipinski definition) is 4. The van der Waals surface area contributed by atoms with Crippen LogP contribution in [0.15, 0.2) is 6.07 Å². The Hall–Kier alpha value is -1.43. The van der Waals surface area contributed by atoms with E-state index in [1.165, 1.54) is 57.8 Å². The molecule has 0 amide bonds. The van der Waals surface area contributed by atoms with Crippen LogP contribution in [0.4, 0.5) is 11.8 Å². The van der Waals surface area contributed by atoms with Gasteiger partial charge in [-0.25, -0.2) is 4.98 Å². The van der Waals surface area contributed by atoms with Crippen LogP contribution < -0.4 is 15.5 Å². The third kappa shape index (κ3) is 5.27. The quantitative estimate of drug-likeness (QED) is 0.622. The molecule has 1 saturated carbocycles. The third-order valence-electron chi connectivity index (χ3n) is 5.35. The van der Waals surface area contributed by atoms with E-state index in [2.05, 4.69) is 33.5 Å². The van der Waals surface area contributed by atoms with Crippen molar-refractivity contribution in [2.24, 2.45) is 0 Å². The van der Waals surface area contributed by atoms with Crippen LogP contribution in [-0.4, -0.2) is 33.7 Å². The first-order valence-electron chi connectivity index (χ1n) is 9.81. The highest BCUT2D eigenvalue weighted by atomic mass is 32.1. The molecule has 1 aromatic heterocycles. The molecule has 2 heterocycles. The summed E-state index contributed by atoms with van der Waals surface area (Å²) >= 11 is 5.51. The van der Waals surface area contributed by atoms with Crippen molar-refractivity contribution in [3.8, 4) is 0 Å². The van der Waals surface area contributed by atoms with Crippen LogP contribution in [0.3, 0.4) is 0 Å². The second-order valence-electron chi connectivity index (χ2n) is 7.52. The summed E-state index contributed by atoms with van der Waals surface area (Å²) in [5, 5.41) is 7.33. The fraction of sp³-hybridized carbons (Fsp3) is 0.737. The van der Waals surface area contributed by atoms with Gasteiger partial charge in [-0.15, -0.1) is 0 Å². The van der Waals surface area contributed by atoms with Gasteiger partial charge in [-0.2, -0.15) is 4.98 Å². The topological polar surface area (TPSA) is 53.1 Å². The summed E-state index contributed by atoms with van der Waals surface area (Å²) in [7, 11) is 0. The molecular weight excluding hydrogens is 330 g/mol. The molecule has 1 aliphatic carbocycles. The highest BCUT2D eigenvalue weighted by molar-refractivity contribution is 7.80. The summed E-state index contributed by atoms with van der Waals surface area (Å²) in [5.74, 6) is 1.62. The van der Waals surface area contributed by atoms with Gasteiger partial charge in [0.2, 0.25) is 5.95 Å². The van der Waals surface area contributed by atoms with Gasteiger partial charge in [0.1, 0.15) is 5.82 Å². The molecule has 0 unspecified atom stereocenters. The molecule has 25 heavy (non-hydrogen) atoms. The zero-order valence-corrected chi connectivity index (χ0v) is 16.4. The molecule has 0 aromatic carbocycles. The molecule has 3 rings (SSSR count). The van der Waals surface area contributed by atoms with E-state index in [0.717, 1.165) is 18.1 Å². The van der Waals surface area contributed by atoms with Crippen molar-refractivity contribution in [1.29, 1.82) is 0 Å². The summed E-state index contributed by atoms with van der Waals surface area (Å²) in [4.78, 5) is 11.7. The molecule has 2 fully saturated rings. The van der Waals surface area contributed by atoms with Crippen LogP contribution in [0.25, 0.3) is 0 Å². The summed E-state index contributed by atoms with van der Waals surface area (Å²) in [6.07, 6.45) is 11.4. The van der Waals surface area contributed by atoms with Crippen molar-refractivity contribution in [2.45, 2.75) is 83.7 Å². The number of nitrogens with zero attached hydrogens (tertiary/aromatic N) is 3. The smallest absolute Gasteiger partial charge is 0.231 e. The number of piperidine rings is 1. The molecule has 1 saturated heterocycles. The predicted molar refractivity (Wildman–Crippen MR) is 108 cm³/mol. The molecule has 0 radical (unpaired) electrons. The summed E-state index contributed by atoms with van der Waals surface area (Å²) in [6, 6.07) is 3.09. The Labute approximate surface area is 157 Å². The molecule has 2 aliphatic rings. The van der Waals surface area contributed by atoms with Crippen molar-refractivity contribution in [3.63, 3.8) is 0 Å². The first-order valence-corrected chi connectivity index (χ1v) is 10.2. The van der Waals surface area contributed by atoms with Gasteiger partial charge in [-0.3, -0.25) is 0 Å². The summed E-state index contributed by atoms with van der Waals surface area (Å²) in [5.41, 5.74) is 0.975. The van der Waals surface area contributed by atoms with E-state index >= 15 is 0 Å². The fourth-order valence-corrected chi connectivity index (χ4v) is 4.20. The molecular formula is C19H31N5S. The zero-order valence-electron chi connectivity index (χ0n) is 15.6. The number of hydrogen-bond donors (Lipinski definition) is 2. The summed E-state index contributed by atoms with van der Waals surface area (Å²) < 4.78 is 0. The van der Waals surface area contributed by atoms with E-state index in [0.29, 0.717) is 23.1 Å². The molecule has 138 valence electrons. The van der Waals surface area contributed by atoms with Crippen molar-refractivity contribution in [2.75, 3.05) is 16.8 Å². The molecule has 1 aliphatic heterocycles. The maximum Gasteiger partial charge on any atom is 0.231 e. The number of thiocarbonyl (C=S) groups is 1. The molecule has 0 bridgehead atoms. The van der Waals surface area contributed by atoms with Crippen molar-refractivity contribution in [3.05, 3.63) is 11.8 Å². The molecule has 0 spiro atoms. The zero-order chi connectivity index (χ0) is 17.6. The Morgan fingerprint density at radius 3 is 2.52 bits per heavy atom. The number of anilines is 2. The van der Waals surface area contributed by atoms with E-state index in [9.17, 15) is 0 Å². The lowest BCUT2D eigenvalue weighted by Crippen LogP contribution is -2.39. The third-order valence-corrected chi connectivity index (χ3v) is 5.57. The lowest BCUT2D eigenvalue weighted by molar-refractivity contribution is 0.481. The van der Waals surface area contributed by atoms with Gasteiger partial charge < -0.3 is 15.5 Å². The van der Waals surface area contributed by atoms with Crippen LogP contribution in [0.1, 0.15) is 70.4 Å². The van der Waals surface area contributed by atoms with Crippen molar-refractivity contribution >= 4 is 29.1 Å². The number of rotatable bonds is 3. The van der Waals surface area contributed by atoms with Gasteiger partial charge in [0.25, 0.3) is 0 Å². The maximum atomic E-state index is 5.51. The van der Waals surface area contributed by atoms with Gasteiger partial charge in [-0.1, -0.05) is 25.7 Å². The van der Waals surface area contributed by atoms with Crippen LogP contribution in [-0.2, 0) is 0 Å². The number of nitrogens with one attached hydrogen (secondary N) is 2. The SMILES string of the molecule is Cc1cc(N2CCCC[C@@H]2C)nc(NC(=S)NC2CCCCCC2)n1. The van der Waals surface area contributed by atoms with Gasteiger partial charge >= 0.3 is 0 Å². The average Bonchev–Trinajstić information content (AvgIpc) is 2.83. The minimum Gasteiger partial charge on any atom is -0.360 e. The molecule has 2 N–H and O–H groups in total. The van der Waals surface area contributed by atoms with Gasteiger partial charge in [0.15, 0.2) is 5.11 Å². The van der Waals surface area contributed by atoms with Crippen LogP contribution >= 0.6 is 12.2 Å². The van der Waals surface area contributed by atoms with E-state index in [-0.39, 0.29) is 0 Å². The normalized spacial score (nSPS) is 22.3. The Balaban J connectivity index is 1.64. The minimum atomic E-state index is 0.480. The fourth-order valence-electron chi connectivity index (χ4n) is 3.94. The van der Waals surface area contributed by atoms with Crippen molar-refractivity contribution < 1.29 is 0 Å². The lowest BCUT2D eigenvalue weighted by atomic mass is 10.0. The second kappa shape index (κ2) is 8.79. The average molecular weight is 362 g/mol. The minimum absolute atomic E-state index is 0.480. The molecule has 1 aromatic rings. The van der Waals surface area contributed by atoms with E-state index in [1.807, 2.05) is 6.92 Å². The highest BCUT2D eigenvalue weighted by Crippen LogP contribution is 2.24. The molecule has 6 heteroatoms. The largest absolute Gasteiger partial charge is 0.360 e. The second-order valence-corrected chi connectivity index (χ2v) is 7.92. The Bertz CT molecular complexity index is 583. The molecule has 5 nitrogen and oxygen atoms in total. The highest BCUT2D eigenvalue weighted by Gasteiger charge is 2.21. The van der Waals surface area contributed by atoms with Gasteiger partial charge in [-0.05, 0) is 58.2 Å². The first-order chi connectivity index (χ1) is 12.1.